The Morgan fingerprint density at radius 1 is 1.07 bits per heavy atom. The van der Waals surface area contributed by atoms with E-state index in [1.54, 1.807) is 12.1 Å². The summed E-state index contributed by atoms with van der Waals surface area (Å²) in [5.74, 6) is 1.18. The Labute approximate surface area is 170 Å². The third-order valence-corrected chi connectivity index (χ3v) is 5.05. The van der Waals surface area contributed by atoms with Gasteiger partial charge in [-0.25, -0.2) is 4.99 Å². The zero-order chi connectivity index (χ0) is 21.1. The molecule has 0 aliphatic carbocycles. The van der Waals surface area contributed by atoms with E-state index in [-0.39, 0.29) is 5.75 Å². The first-order valence-electron chi connectivity index (χ1n) is 9.11. The van der Waals surface area contributed by atoms with Crippen LogP contribution < -0.4 is 15.4 Å². The third kappa shape index (κ3) is 8.99. The fourth-order valence-corrected chi connectivity index (χ4v) is 3.30. The predicted octanol–water partition coefficient (Wildman–Crippen LogP) is 3.49. The molecular weight excluding hydrogens is 403 g/mol. The molecule has 1 atom stereocenters. The Morgan fingerprint density at radius 2 is 1.76 bits per heavy atom. The smallest absolute Gasteiger partial charge is 0.422 e. The summed E-state index contributed by atoms with van der Waals surface area (Å²) in [6.45, 7) is 2.11. The van der Waals surface area contributed by atoms with Crippen molar-refractivity contribution in [2.75, 3.05) is 25.4 Å². The van der Waals surface area contributed by atoms with Gasteiger partial charge in [0.15, 0.2) is 12.6 Å². The minimum atomic E-state index is -4.36. The molecule has 0 bridgehead atoms. The molecule has 0 fully saturated rings. The average molecular weight is 427 g/mol. The maximum absolute atomic E-state index is 12.2. The molecule has 0 saturated heterocycles. The number of nitrogens with zero attached hydrogens (tertiary/aromatic N) is 1. The van der Waals surface area contributed by atoms with E-state index in [0.29, 0.717) is 31.3 Å². The van der Waals surface area contributed by atoms with Gasteiger partial charge in [-0.05, 0) is 36.8 Å². The molecule has 29 heavy (non-hydrogen) atoms. The van der Waals surface area contributed by atoms with E-state index < -0.39 is 23.6 Å². The average Bonchev–Trinajstić information content (AvgIpc) is 2.71. The minimum Gasteiger partial charge on any atom is -0.484 e. The molecule has 0 amide bonds. The van der Waals surface area contributed by atoms with Gasteiger partial charge in [0.2, 0.25) is 0 Å². The number of rotatable bonds is 9. The monoisotopic (exact) mass is 427 g/mol. The second-order valence-corrected chi connectivity index (χ2v) is 7.60. The summed E-state index contributed by atoms with van der Waals surface area (Å²) in [5, 5.41) is 6.24. The standard InChI is InChI=1S/C20H24F3N3O2S/c1-2-24-19(25-12-13-29(27)18-6-4-3-5-7-18)26-14-16-8-10-17(11-9-16)28-15-20(21,22)23/h3-11H,2,12-15H2,1H3,(H2,24,25,26). The number of benzene rings is 2. The minimum absolute atomic E-state index is 0.156. The quantitative estimate of drug-likeness (QED) is 0.475. The second kappa shape index (κ2) is 11.5. The molecule has 0 aliphatic heterocycles. The summed E-state index contributed by atoms with van der Waals surface area (Å²) in [6, 6.07) is 15.6. The van der Waals surface area contributed by atoms with Crippen molar-refractivity contribution in [2.24, 2.45) is 4.99 Å². The summed E-state index contributed by atoms with van der Waals surface area (Å²) < 4.78 is 53.5. The van der Waals surface area contributed by atoms with E-state index in [2.05, 4.69) is 20.4 Å². The van der Waals surface area contributed by atoms with Crippen LogP contribution >= 0.6 is 0 Å². The molecule has 0 saturated carbocycles. The number of hydrogen-bond acceptors (Lipinski definition) is 3. The van der Waals surface area contributed by atoms with Gasteiger partial charge in [-0.15, -0.1) is 0 Å². The van der Waals surface area contributed by atoms with Gasteiger partial charge < -0.3 is 15.4 Å². The van der Waals surface area contributed by atoms with Gasteiger partial charge in [-0.3, -0.25) is 4.21 Å². The topological polar surface area (TPSA) is 62.7 Å². The Balaban J connectivity index is 1.84. The fourth-order valence-electron chi connectivity index (χ4n) is 2.32. The predicted molar refractivity (Wildman–Crippen MR) is 109 cm³/mol. The molecular formula is C20H24F3N3O2S. The van der Waals surface area contributed by atoms with Crippen molar-refractivity contribution in [1.82, 2.24) is 10.6 Å². The lowest BCUT2D eigenvalue weighted by Gasteiger charge is -2.12. The Hall–Kier alpha value is -2.55. The zero-order valence-electron chi connectivity index (χ0n) is 16.0. The highest BCUT2D eigenvalue weighted by molar-refractivity contribution is 7.85. The van der Waals surface area contributed by atoms with Gasteiger partial charge in [-0.2, -0.15) is 13.2 Å². The van der Waals surface area contributed by atoms with Crippen LogP contribution in [0.5, 0.6) is 5.75 Å². The van der Waals surface area contributed by atoms with Crippen molar-refractivity contribution in [3.05, 3.63) is 60.2 Å². The Kier molecular flexibility index (Phi) is 8.98. The maximum Gasteiger partial charge on any atom is 0.422 e. The van der Waals surface area contributed by atoms with E-state index in [9.17, 15) is 17.4 Å². The van der Waals surface area contributed by atoms with Crippen molar-refractivity contribution < 1.29 is 22.1 Å². The number of hydrogen-bond donors (Lipinski definition) is 2. The molecule has 2 aromatic rings. The number of alkyl halides is 3. The van der Waals surface area contributed by atoms with Crippen LogP contribution in [0.1, 0.15) is 12.5 Å². The number of aliphatic imine (C=N–C) groups is 1. The zero-order valence-corrected chi connectivity index (χ0v) is 16.9. The van der Waals surface area contributed by atoms with Gasteiger partial charge in [0, 0.05) is 23.7 Å². The Morgan fingerprint density at radius 3 is 2.38 bits per heavy atom. The van der Waals surface area contributed by atoms with E-state index in [1.807, 2.05) is 37.3 Å². The first-order chi connectivity index (χ1) is 13.9. The summed E-state index contributed by atoms with van der Waals surface area (Å²) in [4.78, 5) is 5.22. The largest absolute Gasteiger partial charge is 0.484 e. The molecule has 2 N–H and O–H groups in total. The highest BCUT2D eigenvalue weighted by Crippen LogP contribution is 2.19. The number of ether oxygens (including phenoxy) is 1. The first-order valence-corrected chi connectivity index (χ1v) is 10.4. The lowest BCUT2D eigenvalue weighted by Crippen LogP contribution is -2.39. The summed E-state index contributed by atoms with van der Waals surface area (Å²) in [5.41, 5.74) is 0.828. The van der Waals surface area contributed by atoms with Crippen LogP contribution in [0.25, 0.3) is 0 Å². The van der Waals surface area contributed by atoms with Crippen LogP contribution in [-0.2, 0) is 17.3 Å². The molecule has 9 heteroatoms. The van der Waals surface area contributed by atoms with Crippen LogP contribution in [0.15, 0.2) is 64.5 Å². The lowest BCUT2D eigenvalue weighted by molar-refractivity contribution is -0.153. The number of nitrogens with one attached hydrogen (secondary N) is 2. The third-order valence-electron chi connectivity index (χ3n) is 3.68. The van der Waals surface area contributed by atoms with Crippen molar-refractivity contribution in [1.29, 1.82) is 0 Å². The number of halogens is 3. The van der Waals surface area contributed by atoms with Crippen LogP contribution in [0.3, 0.4) is 0 Å². The summed E-state index contributed by atoms with van der Waals surface area (Å²) in [7, 11) is -1.09. The summed E-state index contributed by atoms with van der Waals surface area (Å²) in [6.07, 6.45) is -4.36. The van der Waals surface area contributed by atoms with E-state index in [1.165, 1.54) is 12.1 Å². The van der Waals surface area contributed by atoms with Crippen LogP contribution in [0.4, 0.5) is 13.2 Å². The number of guanidine groups is 1. The van der Waals surface area contributed by atoms with Crippen molar-refractivity contribution >= 4 is 16.8 Å². The second-order valence-electron chi connectivity index (χ2n) is 6.03. The molecule has 2 rings (SSSR count). The Bertz CT molecular complexity index is 797. The molecule has 0 heterocycles. The van der Waals surface area contributed by atoms with Crippen molar-refractivity contribution in [3.63, 3.8) is 0 Å². The van der Waals surface area contributed by atoms with Crippen LogP contribution in [0.2, 0.25) is 0 Å². The first kappa shape index (κ1) is 22.7. The van der Waals surface area contributed by atoms with Crippen molar-refractivity contribution in [2.45, 2.75) is 24.5 Å². The van der Waals surface area contributed by atoms with Gasteiger partial charge >= 0.3 is 6.18 Å². The SMILES string of the molecule is CCNC(=NCc1ccc(OCC(F)(F)F)cc1)NCCS(=O)c1ccccc1. The molecule has 0 radical (unpaired) electrons. The van der Waals surface area contributed by atoms with E-state index >= 15 is 0 Å². The molecule has 1 unspecified atom stereocenters. The maximum atomic E-state index is 12.2. The van der Waals surface area contributed by atoms with Gasteiger partial charge in [0.1, 0.15) is 5.75 Å². The van der Waals surface area contributed by atoms with Gasteiger partial charge in [0.05, 0.1) is 17.3 Å². The van der Waals surface area contributed by atoms with Crippen LogP contribution in [0, 0.1) is 0 Å². The molecule has 158 valence electrons. The van der Waals surface area contributed by atoms with Crippen LogP contribution in [-0.4, -0.2) is 41.8 Å². The molecule has 0 aromatic heterocycles. The molecule has 2 aromatic carbocycles. The highest BCUT2D eigenvalue weighted by atomic mass is 32.2. The normalized spacial score (nSPS) is 13.0. The molecule has 0 spiro atoms. The highest BCUT2D eigenvalue weighted by Gasteiger charge is 2.28. The summed E-state index contributed by atoms with van der Waals surface area (Å²) >= 11 is 0. The molecule has 0 aliphatic rings. The van der Waals surface area contributed by atoms with E-state index in [4.69, 9.17) is 0 Å². The van der Waals surface area contributed by atoms with Gasteiger partial charge in [-0.1, -0.05) is 30.3 Å². The van der Waals surface area contributed by atoms with E-state index in [0.717, 1.165) is 10.5 Å². The fraction of sp³-hybridized carbons (Fsp3) is 0.350. The molecule has 5 nitrogen and oxygen atoms in total. The van der Waals surface area contributed by atoms with Gasteiger partial charge in [0.25, 0.3) is 0 Å². The lowest BCUT2D eigenvalue weighted by atomic mass is 10.2. The van der Waals surface area contributed by atoms with Crippen molar-refractivity contribution in [3.8, 4) is 5.75 Å².